The van der Waals surface area contributed by atoms with Crippen LogP contribution in [-0.4, -0.2) is 30.8 Å². The molecule has 0 spiro atoms. The van der Waals surface area contributed by atoms with Crippen LogP contribution in [0, 0.1) is 6.92 Å². The van der Waals surface area contributed by atoms with Crippen molar-refractivity contribution < 1.29 is 9.90 Å². The second-order valence-corrected chi connectivity index (χ2v) is 9.81. The van der Waals surface area contributed by atoms with Crippen molar-refractivity contribution in [1.29, 1.82) is 0 Å². The van der Waals surface area contributed by atoms with E-state index in [1.807, 2.05) is 17.5 Å². The lowest BCUT2D eigenvalue weighted by molar-refractivity contribution is 0.0701. The first kappa shape index (κ1) is 18.6. The summed E-state index contributed by atoms with van der Waals surface area (Å²) in [6.07, 6.45) is 2.23. The maximum atomic E-state index is 12.1. The normalized spacial score (nSPS) is 14.0. The van der Waals surface area contributed by atoms with Gasteiger partial charge in [0.15, 0.2) is 11.0 Å². The molecule has 0 bridgehead atoms. The van der Waals surface area contributed by atoms with E-state index in [-0.39, 0.29) is 10.4 Å². The molecule has 29 heavy (non-hydrogen) atoms. The Morgan fingerprint density at radius 2 is 2.24 bits per heavy atom. The zero-order valence-corrected chi connectivity index (χ0v) is 17.8. The van der Waals surface area contributed by atoms with E-state index in [1.165, 1.54) is 11.8 Å². The summed E-state index contributed by atoms with van der Waals surface area (Å²) in [7, 11) is 0. The van der Waals surface area contributed by atoms with Crippen LogP contribution in [0.15, 0.2) is 33.5 Å². The fraction of sp³-hybridized carbons (Fsp3) is 0.263. The highest BCUT2D eigenvalue weighted by molar-refractivity contribution is 7.98. The van der Waals surface area contributed by atoms with Crippen molar-refractivity contribution >= 4 is 50.6 Å². The molecule has 4 heterocycles. The predicted octanol–water partition coefficient (Wildman–Crippen LogP) is 4.54. The SMILES string of the molecule is Cc1c(C(=O)O)sc2[nH]c(=O)cc(CSc3nnc(-c4cccs4)n3C3CC3)c12. The lowest BCUT2D eigenvalue weighted by atomic mass is 10.1. The van der Waals surface area contributed by atoms with Crippen LogP contribution in [0.2, 0.25) is 0 Å². The van der Waals surface area contributed by atoms with Gasteiger partial charge in [-0.2, -0.15) is 0 Å². The second-order valence-electron chi connectivity index (χ2n) is 6.90. The fourth-order valence-electron chi connectivity index (χ4n) is 3.44. The number of aromatic amines is 1. The molecule has 0 radical (unpaired) electrons. The topological polar surface area (TPSA) is 101 Å². The van der Waals surface area contributed by atoms with Crippen LogP contribution in [0.5, 0.6) is 0 Å². The lowest BCUT2D eigenvalue weighted by Crippen LogP contribution is -2.05. The number of fused-ring (bicyclic) bond motifs is 1. The zero-order chi connectivity index (χ0) is 20.1. The molecule has 4 aromatic heterocycles. The number of hydrogen-bond donors (Lipinski definition) is 2. The van der Waals surface area contributed by atoms with Gasteiger partial charge in [0.25, 0.3) is 0 Å². The fourth-order valence-corrected chi connectivity index (χ4v) is 6.21. The number of thiophene rings is 2. The maximum absolute atomic E-state index is 12.1. The Balaban J connectivity index is 1.52. The Morgan fingerprint density at radius 3 is 2.93 bits per heavy atom. The van der Waals surface area contributed by atoms with E-state index in [4.69, 9.17) is 0 Å². The van der Waals surface area contributed by atoms with Crippen LogP contribution in [0.3, 0.4) is 0 Å². The van der Waals surface area contributed by atoms with Gasteiger partial charge in [0.05, 0.1) is 4.88 Å². The number of nitrogens with zero attached hydrogens (tertiary/aromatic N) is 3. The van der Waals surface area contributed by atoms with Crippen molar-refractivity contribution in [3.63, 3.8) is 0 Å². The Morgan fingerprint density at radius 1 is 1.41 bits per heavy atom. The summed E-state index contributed by atoms with van der Waals surface area (Å²) >= 11 is 4.28. The number of carbonyl (C=O) groups is 1. The minimum Gasteiger partial charge on any atom is -0.477 e. The van der Waals surface area contributed by atoms with Gasteiger partial charge < -0.3 is 10.1 Å². The van der Waals surface area contributed by atoms with Crippen molar-refractivity contribution in [3.8, 4) is 10.7 Å². The first-order valence-electron chi connectivity index (χ1n) is 9.03. The standard InChI is InChI=1S/C19H16N4O3S3/c1-9-14-10(7-13(24)20-17(14)29-15(9)18(25)26)8-28-19-22-21-16(12-3-2-6-27-12)23(19)11-4-5-11/h2-3,6-7,11H,4-5,8H2,1H3,(H,20,24)(H,25,26). The number of carboxylic acid groups (broad SMARTS) is 1. The van der Waals surface area contributed by atoms with Gasteiger partial charge in [-0.1, -0.05) is 17.8 Å². The molecule has 10 heteroatoms. The summed E-state index contributed by atoms with van der Waals surface area (Å²) in [5.41, 5.74) is 1.28. The van der Waals surface area contributed by atoms with E-state index in [1.54, 1.807) is 24.3 Å². The third-order valence-electron chi connectivity index (χ3n) is 4.88. The number of H-pyrrole nitrogens is 1. The van der Waals surface area contributed by atoms with Gasteiger partial charge in [0.1, 0.15) is 9.71 Å². The minimum atomic E-state index is -0.975. The largest absolute Gasteiger partial charge is 0.477 e. The van der Waals surface area contributed by atoms with Gasteiger partial charge in [-0.25, -0.2) is 4.79 Å². The van der Waals surface area contributed by atoms with Gasteiger partial charge >= 0.3 is 5.97 Å². The second kappa shape index (κ2) is 7.12. The monoisotopic (exact) mass is 444 g/mol. The van der Waals surface area contributed by atoms with Crippen LogP contribution >= 0.6 is 34.4 Å². The highest BCUT2D eigenvalue weighted by Gasteiger charge is 2.30. The molecule has 148 valence electrons. The number of aryl methyl sites for hydroxylation is 1. The Hall–Kier alpha value is -2.43. The number of carboxylic acids is 1. The van der Waals surface area contributed by atoms with Crippen LogP contribution in [0.25, 0.3) is 20.9 Å². The molecular weight excluding hydrogens is 428 g/mol. The number of thioether (sulfide) groups is 1. The minimum absolute atomic E-state index is 0.228. The van der Waals surface area contributed by atoms with Crippen LogP contribution in [0.4, 0.5) is 0 Å². The molecule has 1 aliphatic carbocycles. The Kier molecular flexibility index (Phi) is 4.56. The molecule has 2 N–H and O–H groups in total. The smallest absolute Gasteiger partial charge is 0.346 e. The molecule has 1 saturated carbocycles. The van der Waals surface area contributed by atoms with E-state index in [0.717, 1.165) is 51.0 Å². The number of hydrogen-bond acceptors (Lipinski definition) is 7. The summed E-state index contributed by atoms with van der Waals surface area (Å²) < 4.78 is 2.20. The first-order chi connectivity index (χ1) is 14.0. The van der Waals surface area contributed by atoms with E-state index in [0.29, 0.717) is 22.2 Å². The maximum Gasteiger partial charge on any atom is 0.346 e. The number of nitrogens with one attached hydrogen (secondary N) is 1. The predicted molar refractivity (Wildman–Crippen MR) is 115 cm³/mol. The number of aromatic nitrogens is 4. The van der Waals surface area contributed by atoms with Gasteiger partial charge in [-0.15, -0.1) is 32.9 Å². The summed E-state index contributed by atoms with van der Waals surface area (Å²) in [5, 5.41) is 21.9. The number of pyridine rings is 1. The van der Waals surface area contributed by atoms with Gasteiger partial charge in [0.2, 0.25) is 5.56 Å². The van der Waals surface area contributed by atoms with Crippen molar-refractivity contribution in [2.45, 2.75) is 36.7 Å². The highest BCUT2D eigenvalue weighted by atomic mass is 32.2. The summed E-state index contributed by atoms with van der Waals surface area (Å²) in [5.74, 6) is 0.435. The molecule has 0 unspecified atom stereocenters. The molecule has 0 atom stereocenters. The third kappa shape index (κ3) is 3.30. The van der Waals surface area contributed by atoms with Crippen LogP contribution in [-0.2, 0) is 5.75 Å². The van der Waals surface area contributed by atoms with E-state index in [2.05, 4.69) is 19.7 Å². The summed E-state index contributed by atoms with van der Waals surface area (Å²) in [6.45, 7) is 1.79. The van der Waals surface area contributed by atoms with E-state index in [9.17, 15) is 14.7 Å². The lowest BCUT2D eigenvalue weighted by Gasteiger charge is -2.08. The summed E-state index contributed by atoms with van der Waals surface area (Å²) in [4.78, 5) is 28.3. The Bertz CT molecular complexity index is 1280. The highest BCUT2D eigenvalue weighted by Crippen LogP contribution is 2.42. The zero-order valence-electron chi connectivity index (χ0n) is 15.3. The summed E-state index contributed by atoms with van der Waals surface area (Å²) in [6, 6.07) is 6.03. The molecule has 4 aromatic rings. The average molecular weight is 445 g/mol. The number of aromatic carboxylic acids is 1. The molecule has 0 aliphatic heterocycles. The molecule has 7 nitrogen and oxygen atoms in total. The average Bonchev–Trinajstić information content (AvgIpc) is 3.09. The van der Waals surface area contributed by atoms with E-state index < -0.39 is 5.97 Å². The van der Waals surface area contributed by atoms with Crippen molar-refractivity contribution in [3.05, 3.63) is 49.9 Å². The van der Waals surface area contributed by atoms with Crippen molar-refractivity contribution in [1.82, 2.24) is 19.7 Å². The molecule has 1 aliphatic rings. The van der Waals surface area contributed by atoms with Gasteiger partial charge in [0, 0.05) is 23.2 Å². The van der Waals surface area contributed by atoms with Crippen molar-refractivity contribution in [2.24, 2.45) is 0 Å². The van der Waals surface area contributed by atoms with Crippen LogP contribution < -0.4 is 5.56 Å². The molecule has 5 rings (SSSR count). The molecular formula is C19H16N4O3S3. The van der Waals surface area contributed by atoms with Gasteiger partial charge in [-0.3, -0.25) is 9.36 Å². The number of rotatable bonds is 6. The third-order valence-corrected chi connectivity index (χ3v) is 7.93. The van der Waals surface area contributed by atoms with Crippen molar-refractivity contribution in [2.75, 3.05) is 0 Å². The molecule has 1 fully saturated rings. The quantitative estimate of drug-likeness (QED) is 0.423. The molecule has 0 aromatic carbocycles. The Labute approximate surface area is 177 Å². The molecule has 0 amide bonds. The van der Waals surface area contributed by atoms with Gasteiger partial charge in [-0.05, 0) is 42.3 Å². The van der Waals surface area contributed by atoms with Crippen LogP contribution in [0.1, 0.15) is 39.7 Å². The van der Waals surface area contributed by atoms with E-state index >= 15 is 0 Å². The molecule has 0 saturated heterocycles. The first-order valence-corrected chi connectivity index (χ1v) is 11.7.